The Morgan fingerprint density at radius 1 is 0.825 bits per heavy atom. The monoisotopic (exact) mass is 551 g/mol. The molecule has 40 heavy (non-hydrogen) atoms. The number of anilines is 1. The lowest BCUT2D eigenvalue weighted by Crippen LogP contribution is -2.44. The van der Waals surface area contributed by atoms with Gasteiger partial charge in [0.25, 0.3) is 11.8 Å². The van der Waals surface area contributed by atoms with Gasteiger partial charge in [0.2, 0.25) is 11.7 Å². The highest BCUT2D eigenvalue weighted by molar-refractivity contribution is 6.04. The fraction of sp³-hybridized carbons (Fsp3) is 0.172. The molecular formula is C29H24F3N3O5. The molecule has 4 aromatic rings. The molecule has 8 nitrogen and oxygen atoms in total. The van der Waals surface area contributed by atoms with E-state index in [0.717, 1.165) is 5.56 Å². The number of aromatic nitrogens is 1. The van der Waals surface area contributed by atoms with Crippen LogP contribution < -0.4 is 10.6 Å². The third-order valence-corrected chi connectivity index (χ3v) is 5.96. The molecule has 0 aliphatic rings. The quantitative estimate of drug-likeness (QED) is 0.243. The molecule has 1 atom stereocenters. The molecule has 0 saturated heterocycles. The number of carboxylic acids is 1. The summed E-state index contributed by atoms with van der Waals surface area (Å²) in [6.07, 6.45) is -4.93. The predicted molar refractivity (Wildman–Crippen MR) is 141 cm³/mol. The lowest BCUT2D eigenvalue weighted by Gasteiger charge is -2.18. The van der Waals surface area contributed by atoms with Gasteiger partial charge in [-0.05, 0) is 53.4 Å². The summed E-state index contributed by atoms with van der Waals surface area (Å²) >= 11 is 0. The number of oxazole rings is 1. The van der Waals surface area contributed by atoms with Gasteiger partial charge in [-0.25, -0.2) is 9.78 Å². The van der Waals surface area contributed by atoms with Gasteiger partial charge in [-0.1, -0.05) is 56.3 Å². The van der Waals surface area contributed by atoms with Crippen LogP contribution in [0.4, 0.5) is 18.9 Å². The number of carbonyl (C=O) groups is 3. The summed E-state index contributed by atoms with van der Waals surface area (Å²) in [5, 5.41) is 14.2. The second kappa shape index (κ2) is 11.4. The normalized spacial score (nSPS) is 12.2. The Kier molecular flexibility index (Phi) is 8.03. The third kappa shape index (κ3) is 6.37. The standard InChI is InChI=1S/C29H24F3N3O5/c1-16(2)22(28(38)39)34-25(36)19-10-8-17(9-11-19)18-12-14-21(15-13-18)33-26(37)23-24(29(30,31)32)40-27(35-23)20-6-4-3-5-7-20/h3-16,22H,1-2H3,(H,33,37)(H,34,36)(H,38,39). The number of benzene rings is 3. The highest BCUT2D eigenvalue weighted by atomic mass is 19.4. The zero-order valence-corrected chi connectivity index (χ0v) is 21.3. The Balaban J connectivity index is 1.48. The van der Waals surface area contributed by atoms with Gasteiger partial charge in [0.05, 0.1) is 0 Å². The number of alkyl halides is 3. The van der Waals surface area contributed by atoms with Crippen LogP contribution in [0, 0.1) is 5.92 Å². The molecule has 3 N–H and O–H groups in total. The van der Waals surface area contributed by atoms with Gasteiger partial charge in [-0.15, -0.1) is 0 Å². The molecule has 3 aromatic carbocycles. The van der Waals surface area contributed by atoms with E-state index in [0.29, 0.717) is 11.1 Å². The lowest BCUT2D eigenvalue weighted by atomic mass is 10.0. The Hall–Kier alpha value is -4.93. The van der Waals surface area contributed by atoms with Gasteiger partial charge < -0.3 is 20.2 Å². The van der Waals surface area contributed by atoms with E-state index in [1.165, 1.54) is 24.3 Å². The van der Waals surface area contributed by atoms with Crippen molar-refractivity contribution in [1.82, 2.24) is 10.3 Å². The van der Waals surface area contributed by atoms with Crippen LogP contribution in [0.3, 0.4) is 0 Å². The highest BCUT2D eigenvalue weighted by Gasteiger charge is 2.42. The molecule has 4 rings (SSSR count). The van der Waals surface area contributed by atoms with Crippen LogP contribution in [0.5, 0.6) is 0 Å². The van der Waals surface area contributed by atoms with E-state index in [2.05, 4.69) is 15.6 Å². The molecule has 0 radical (unpaired) electrons. The second-order valence-corrected chi connectivity index (χ2v) is 9.20. The van der Waals surface area contributed by atoms with Crippen molar-refractivity contribution in [3.63, 3.8) is 0 Å². The van der Waals surface area contributed by atoms with Crippen LogP contribution in [0.15, 0.2) is 83.3 Å². The molecule has 0 aliphatic carbocycles. The van der Waals surface area contributed by atoms with Crippen molar-refractivity contribution in [3.05, 3.63) is 95.9 Å². The summed E-state index contributed by atoms with van der Waals surface area (Å²) in [5.41, 5.74) is 1.35. The van der Waals surface area contributed by atoms with Gasteiger partial charge in [0, 0.05) is 16.8 Å². The summed E-state index contributed by atoms with van der Waals surface area (Å²) < 4.78 is 45.6. The number of nitrogens with zero attached hydrogens (tertiary/aromatic N) is 1. The number of halogens is 3. The number of nitrogens with one attached hydrogen (secondary N) is 2. The molecule has 1 aromatic heterocycles. The van der Waals surface area contributed by atoms with Gasteiger partial charge >= 0.3 is 12.1 Å². The lowest BCUT2D eigenvalue weighted by molar-refractivity contribution is -0.153. The Morgan fingerprint density at radius 2 is 1.40 bits per heavy atom. The SMILES string of the molecule is CC(C)C(NC(=O)c1ccc(-c2ccc(NC(=O)c3nc(-c4ccccc4)oc3C(F)(F)F)cc2)cc1)C(=O)O. The van der Waals surface area contributed by atoms with E-state index in [9.17, 15) is 32.7 Å². The molecule has 206 valence electrons. The smallest absolute Gasteiger partial charge is 0.452 e. The number of hydrogen-bond acceptors (Lipinski definition) is 5. The largest absolute Gasteiger partial charge is 0.480 e. The summed E-state index contributed by atoms with van der Waals surface area (Å²) in [5.74, 6) is -4.84. The van der Waals surface area contributed by atoms with Crippen LogP contribution in [0.2, 0.25) is 0 Å². The average Bonchev–Trinajstić information content (AvgIpc) is 3.39. The Bertz CT molecular complexity index is 1510. The van der Waals surface area contributed by atoms with Crippen molar-refractivity contribution in [2.75, 3.05) is 5.32 Å². The predicted octanol–water partition coefficient (Wildman–Crippen LogP) is 6.12. The molecule has 0 aliphatic heterocycles. The zero-order chi connectivity index (χ0) is 29.0. The molecule has 0 spiro atoms. The number of rotatable bonds is 8. The van der Waals surface area contributed by atoms with Crippen molar-refractivity contribution in [3.8, 4) is 22.6 Å². The van der Waals surface area contributed by atoms with Gasteiger partial charge in [0.1, 0.15) is 6.04 Å². The molecule has 11 heteroatoms. The first-order chi connectivity index (χ1) is 18.9. The second-order valence-electron chi connectivity index (χ2n) is 9.20. The molecule has 0 bridgehead atoms. The maximum Gasteiger partial charge on any atom is 0.452 e. The van der Waals surface area contributed by atoms with E-state index in [1.54, 1.807) is 68.4 Å². The van der Waals surface area contributed by atoms with Gasteiger partial charge in [-0.3, -0.25) is 9.59 Å². The number of hydrogen-bond donors (Lipinski definition) is 3. The summed E-state index contributed by atoms with van der Waals surface area (Å²) in [6, 6.07) is 19.7. The zero-order valence-electron chi connectivity index (χ0n) is 21.3. The van der Waals surface area contributed by atoms with Crippen LogP contribution in [-0.2, 0) is 11.0 Å². The molecule has 1 unspecified atom stereocenters. The van der Waals surface area contributed by atoms with Gasteiger partial charge in [-0.2, -0.15) is 13.2 Å². The van der Waals surface area contributed by atoms with E-state index >= 15 is 0 Å². The van der Waals surface area contributed by atoms with E-state index < -0.39 is 41.5 Å². The van der Waals surface area contributed by atoms with E-state index in [1.807, 2.05) is 0 Å². The van der Waals surface area contributed by atoms with Crippen molar-refractivity contribution in [1.29, 1.82) is 0 Å². The first-order valence-electron chi connectivity index (χ1n) is 12.1. The highest BCUT2D eigenvalue weighted by Crippen LogP contribution is 2.35. The summed E-state index contributed by atoms with van der Waals surface area (Å²) in [6.45, 7) is 3.38. The number of aliphatic carboxylic acids is 1. The first kappa shape index (κ1) is 28.1. The van der Waals surface area contributed by atoms with Crippen molar-refractivity contribution >= 4 is 23.5 Å². The maximum atomic E-state index is 13.6. The maximum absolute atomic E-state index is 13.6. The minimum absolute atomic E-state index is 0.232. The van der Waals surface area contributed by atoms with Crippen molar-refractivity contribution < 1.29 is 37.1 Å². The third-order valence-electron chi connectivity index (χ3n) is 5.96. The average molecular weight is 552 g/mol. The molecule has 0 saturated carbocycles. The van der Waals surface area contributed by atoms with Crippen LogP contribution in [0.1, 0.15) is 40.5 Å². The van der Waals surface area contributed by atoms with Crippen molar-refractivity contribution in [2.24, 2.45) is 5.92 Å². The number of carboxylic acid groups (broad SMARTS) is 1. The minimum atomic E-state index is -4.93. The first-order valence-corrected chi connectivity index (χ1v) is 12.1. The topological polar surface area (TPSA) is 122 Å². The molecule has 1 heterocycles. The van der Waals surface area contributed by atoms with E-state index in [4.69, 9.17) is 4.42 Å². The van der Waals surface area contributed by atoms with Crippen LogP contribution >= 0.6 is 0 Å². The minimum Gasteiger partial charge on any atom is -0.480 e. The fourth-order valence-corrected chi connectivity index (χ4v) is 3.86. The fourth-order valence-electron chi connectivity index (χ4n) is 3.86. The molecular weight excluding hydrogens is 527 g/mol. The summed E-state index contributed by atoms with van der Waals surface area (Å²) in [7, 11) is 0. The van der Waals surface area contributed by atoms with Crippen LogP contribution in [-0.4, -0.2) is 33.9 Å². The molecule has 0 fully saturated rings. The van der Waals surface area contributed by atoms with Gasteiger partial charge in [0.15, 0.2) is 5.69 Å². The summed E-state index contributed by atoms with van der Waals surface area (Å²) in [4.78, 5) is 40.3. The number of amides is 2. The Morgan fingerprint density at radius 3 is 1.93 bits per heavy atom. The number of carbonyl (C=O) groups excluding carboxylic acids is 2. The molecule has 2 amide bonds. The van der Waals surface area contributed by atoms with E-state index in [-0.39, 0.29) is 23.1 Å². The van der Waals surface area contributed by atoms with Crippen LogP contribution in [0.25, 0.3) is 22.6 Å². The Labute approximate surface area is 226 Å². The van der Waals surface area contributed by atoms with Crippen molar-refractivity contribution in [2.45, 2.75) is 26.1 Å².